The number of hydrogen-bond donors (Lipinski definition) is 0. The van der Waals surface area contributed by atoms with Gasteiger partial charge in [-0.25, -0.2) is 0 Å². The zero-order valence-electron chi connectivity index (χ0n) is 7.53. The van der Waals surface area contributed by atoms with E-state index >= 15 is 0 Å². The van der Waals surface area contributed by atoms with Crippen molar-refractivity contribution in [2.45, 2.75) is 18.1 Å². The van der Waals surface area contributed by atoms with Gasteiger partial charge < -0.3 is 0 Å². The molecule has 4 heteroatoms. The highest BCUT2D eigenvalue weighted by Crippen LogP contribution is 2.32. The minimum absolute atomic E-state index is 0.105. The molecule has 1 nitrogen and oxygen atoms in total. The Labute approximate surface area is 92.5 Å². The van der Waals surface area contributed by atoms with Gasteiger partial charge in [-0.1, -0.05) is 18.3 Å². The van der Waals surface area contributed by atoms with Gasteiger partial charge in [0.1, 0.15) is 0 Å². The van der Waals surface area contributed by atoms with Crippen LogP contribution in [0.25, 0.3) is 0 Å². The molecule has 1 rings (SSSR count). The molecule has 0 spiro atoms. The maximum absolute atomic E-state index is 10.8. The van der Waals surface area contributed by atoms with Crippen LogP contribution in [-0.4, -0.2) is 27.0 Å². The molecule has 1 aliphatic heterocycles. The van der Waals surface area contributed by atoms with Crippen LogP contribution in [-0.2, 0) is 4.79 Å². The Balaban J connectivity index is 1.94. The lowest BCUT2D eigenvalue weighted by atomic mass is 10.3. The van der Waals surface area contributed by atoms with Crippen molar-refractivity contribution in [3.8, 4) is 0 Å². The molecular formula is C9H14OS3. The van der Waals surface area contributed by atoms with E-state index in [-0.39, 0.29) is 5.12 Å². The molecule has 0 aromatic heterocycles. The average Bonchev–Trinajstić information content (AvgIpc) is 2.64. The molecular weight excluding hydrogens is 220 g/mol. The Morgan fingerprint density at radius 2 is 2.54 bits per heavy atom. The lowest BCUT2D eigenvalue weighted by Crippen LogP contribution is -2.01. The molecule has 13 heavy (non-hydrogen) atoms. The zero-order chi connectivity index (χ0) is 9.52. The van der Waals surface area contributed by atoms with Crippen LogP contribution in [0.1, 0.15) is 12.8 Å². The van der Waals surface area contributed by atoms with E-state index < -0.39 is 0 Å². The lowest BCUT2D eigenvalue weighted by molar-refractivity contribution is -0.107. The van der Waals surface area contributed by atoms with Crippen molar-refractivity contribution < 1.29 is 4.79 Å². The summed E-state index contributed by atoms with van der Waals surface area (Å²) < 4.78 is 0. The molecule has 1 aliphatic rings. The van der Waals surface area contributed by atoms with Crippen molar-refractivity contribution in [3.05, 3.63) is 12.7 Å². The third kappa shape index (κ3) is 5.03. The monoisotopic (exact) mass is 234 g/mol. The first kappa shape index (κ1) is 11.5. The summed E-state index contributed by atoms with van der Waals surface area (Å²) in [4.78, 5) is 10.8. The van der Waals surface area contributed by atoms with E-state index in [2.05, 4.69) is 18.3 Å². The predicted molar refractivity (Wildman–Crippen MR) is 65.6 cm³/mol. The molecule has 74 valence electrons. The SMILES string of the molecule is C=CC(=O)SCCCC1CSCS1. The fourth-order valence-electron chi connectivity index (χ4n) is 1.08. The Morgan fingerprint density at radius 1 is 1.69 bits per heavy atom. The molecule has 1 unspecified atom stereocenters. The predicted octanol–water partition coefficient (Wildman–Crippen LogP) is 3.02. The first-order valence-electron chi connectivity index (χ1n) is 4.31. The van der Waals surface area contributed by atoms with E-state index in [0.717, 1.165) is 17.4 Å². The summed E-state index contributed by atoms with van der Waals surface area (Å²) in [6.07, 6.45) is 3.81. The molecule has 1 fully saturated rings. The summed E-state index contributed by atoms with van der Waals surface area (Å²) in [6, 6.07) is 0. The van der Waals surface area contributed by atoms with Crippen LogP contribution in [0.3, 0.4) is 0 Å². The van der Waals surface area contributed by atoms with Gasteiger partial charge in [-0.2, -0.15) is 0 Å². The maximum Gasteiger partial charge on any atom is 0.211 e. The summed E-state index contributed by atoms with van der Waals surface area (Å²) >= 11 is 5.47. The van der Waals surface area contributed by atoms with Gasteiger partial charge in [0.2, 0.25) is 5.12 Å². The van der Waals surface area contributed by atoms with Crippen LogP contribution in [0.5, 0.6) is 0 Å². The van der Waals surface area contributed by atoms with Crippen molar-refractivity contribution in [3.63, 3.8) is 0 Å². The summed E-state index contributed by atoms with van der Waals surface area (Å²) in [7, 11) is 0. The Bertz CT molecular complexity index is 176. The molecule has 0 saturated carbocycles. The van der Waals surface area contributed by atoms with E-state index in [1.165, 1.54) is 35.1 Å². The van der Waals surface area contributed by atoms with Gasteiger partial charge in [0.15, 0.2) is 0 Å². The smallest absolute Gasteiger partial charge is 0.211 e. The molecule has 0 aromatic rings. The first-order chi connectivity index (χ1) is 6.33. The number of rotatable bonds is 5. The molecule has 1 heterocycles. The van der Waals surface area contributed by atoms with E-state index in [1.54, 1.807) is 0 Å². The average molecular weight is 234 g/mol. The minimum atomic E-state index is 0.105. The Morgan fingerprint density at radius 3 is 3.15 bits per heavy atom. The quantitative estimate of drug-likeness (QED) is 0.537. The molecule has 1 saturated heterocycles. The largest absolute Gasteiger partial charge is 0.282 e. The molecule has 0 aliphatic carbocycles. The van der Waals surface area contributed by atoms with Crippen molar-refractivity contribution in [1.29, 1.82) is 0 Å². The van der Waals surface area contributed by atoms with Crippen molar-refractivity contribution in [1.82, 2.24) is 0 Å². The normalized spacial score (nSPS) is 21.7. The molecule has 0 bridgehead atoms. The number of thioether (sulfide) groups is 3. The fourth-order valence-corrected chi connectivity index (χ4v) is 4.69. The topological polar surface area (TPSA) is 17.1 Å². The standard InChI is InChI=1S/C9H14OS3/c1-2-9(10)12-5-3-4-8-6-11-7-13-8/h2,8H,1,3-7H2. The Kier molecular flexibility index (Phi) is 6.07. The third-order valence-electron chi connectivity index (χ3n) is 1.77. The number of carbonyl (C=O) groups is 1. The van der Waals surface area contributed by atoms with Gasteiger partial charge in [0.25, 0.3) is 0 Å². The van der Waals surface area contributed by atoms with E-state index in [4.69, 9.17) is 0 Å². The summed E-state index contributed by atoms with van der Waals surface area (Å²) in [5.41, 5.74) is 0. The second kappa shape index (κ2) is 6.85. The van der Waals surface area contributed by atoms with Crippen LogP contribution >= 0.6 is 35.3 Å². The zero-order valence-corrected chi connectivity index (χ0v) is 9.98. The Hall–Kier alpha value is 0.460. The van der Waals surface area contributed by atoms with Gasteiger partial charge >= 0.3 is 0 Å². The third-order valence-corrected chi connectivity index (χ3v) is 5.65. The summed E-state index contributed by atoms with van der Waals surface area (Å²) in [5.74, 6) is 2.25. The number of hydrogen-bond acceptors (Lipinski definition) is 4. The lowest BCUT2D eigenvalue weighted by Gasteiger charge is -2.05. The van der Waals surface area contributed by atoms with Crippen molar-refractivity contribution in [2.75, 3.05) is 16.6 Å². The van der Waals surface area contributed by atoms with E-state index in [0.29, 0.717) is 0 Å². The highest BCUT2D eigenvalue weighted by atomic mass is 32.2. The van der Waals surface area contributed by atoms with Gasteiger partial charge in [-0.3, -0.25) is 4.79 Å². The molecule has 0 amide bonds. The van der Waals surface area contributed by atoms with Crippen LogP contribution in [0.15, 0.2) is 12.7 Å². The van der Waals surface area contributed by atoms with Crippen LogP contribution in [0.2, 0.25) is 0 Å². The second-order valence-electron chi connectivity index (χ2n) is 2.79. The maximum atomic E-state index is 10.8. The van der Waals surface area contributed by atoms with Crippen LogP contribution in [0, 0.1) is 0 Å². The summed E-state index contributed by atoms with van der Waals surface area (Å²) in [5, 5.41) is 2.20. The second-order valence-corrected chi connectivity index (χ2v) is 6.57. The van der Waals surface area contributed by atoms with Gasteiger partial charge in [0.05, 0.1) is 0 Å². The van der Waals surface area contributed by atoms with Crippen molar-refractivity contribution in [2.24, 2.45) is 0 Å². The van der Waals surface area contributed by atoms with Crippen LogP contribution < -0.4 is 0 Å². The van der Waals surface area contributed by atoms with Crippen LogP contribution in [0.4, 0.5) is 0 Å². The first-order valence-corrected chi connectivity index (χ1v) is 7.50. The van der Waals surface area contributed by atoms with Gasteiger partial charge in [-0.15, -0.1) is 23.5 Å². The van der Waals surface area contributed by atoms with E-state index in [1.807, 2.05) is 11.8 Å². The molecule has 0 N–H and O–H groups in total. The van der Waals surface area contributed by atoms with Crippen molar-refractivity contribution >= 4 is 40.4 Å². The van der Waals surface area contributed by atoms with Gasteiger partial charge in [0, 0.05) is 21.8 Å². The highest BCUT2D eigenvalue weighted by molar-refractivity contribution is 8.19. The fraction of sp³-hybridized carbons (Fsp3) is 0.667. The molecule has 0 aromatic carbocycles. The summed E-state index contributed by atoms with van der Waals surface area (Å²) in [6.45, 7) is 3.44. The van der Waals surface area contributed by atoms with Gasteiger partial charge in [-0.05, 0) is 18.9 Å². The molecule has 0 radical (unpaired) electrons. The highest BCUT2D eigenvalue weighted by Gasteiger charge is 2.15. The molecule has 1 atom stereocenters. The number of carbonyl (C=O) groups excluding carboxylic acids is 1. The minimum Gasteiger partial charge on any atom is -0.282 e. The van der Waals surface area contributed by atoms with E-state index in [9.17, 15) is 4.79 Å².